The summed E-state index contributed by atoms with van der Waals surface area (Å²) in [7, 11) is 0. The molecule has 0 aliphatic heterocycles. The van der Waals surface area contributed by atoms with E-state index >= 15 is 0 Å². The van der Waals surface area contributed by atoms with Crippen molar-refractivity contribution in [3.05, 3.63) is 58.7 Å². The minimum Gasteiger partial charge on any atom is -0.462 e. The predicted molar refractivity (Wildman–Crippen MR) is 134 cm³/mol. The molecule has 0 amide bonds. The lowest BCUT2D eigenvalue weighted by molar-refractivity contribution is 0.0457. The summed E-state index contributed by atoms with van der Waals surface area (Å²) in [5.41, 5.74) is 0.944. The van der Waals surface area contributed by atoms with E-state index in [1.807, 2.05) is 27.7 Å². The molecule has 0 saturated heterocycles. The fraction of sp³-hybridized carbons (Fsp3) is 0.429. The number of benzene rings is 2. The van der Waals surface area contributed by atoms with E-state index in [0.717, 1.165) is 0 Å². The fourth-order valence-corrected chi connectivity index (χ4v) is 3.33. The van der Waals surface area contributed by atoms with Gasteiger partial charge in [0.2, 0.25) is 0 Å². The highest BCUT2D eigenvalue weighted by Gasteiger charge is 2.26. The first-order valence-corrected chi connectivity index (χ1v) is 12.3. The van der Waals surface area contributed by atoms with Gasteiger partial charge >= 0.3 is 23.9 Å². The third-order valence-corrected chi connectivity index (χ3v) is 5.01. The lowest BCUT2D eigenvalue weighted by Gasteiger charge is -2.16. The second-order valence-electron chi connectivity index (χ2n) is 8.03. The highest BCUT2D eigenvalue weighted by molar-refractivity contribution is 6.09. The molecule has 0 N–H and O–H groups in total. The molecule has 0 radical (unpaired) electrons. The fourth-order valence-electron chi connectivity index (χ4n) is 3.33. The molecule has 0 aliphatic carbocycles. The largest absolute Gasteiger partial charge is 0.462 e. The summed E-state index contributed by atoms with van der Waals surface area (Å²) in [6.45, 7) is 8.22. The van der Waals surface area contributed by atoms with Crippen molar-refractivity contribution in [2.45, 2.75) is 53.4 Å². The van der Waals surface area contributed by atoms with Crippen molar-refractivity contribution in [1.82, 2.24) is 0 Å². The van der Waals surface area contributed by atoms with Gasteiger partial charge in [0.15, 0.2) is 0 Å². The molecule has 2 aromatic rings. The van der Waals surface area contributed by atoms with Crippen molar-refractivity contribution < 1.29 is 38.1 Å². The molecule has 2 aromatic carbocycles. The van der Waals surface area contributed by atoms with Crippen molar-refractivity contribution >= 4 is 23.9 Å². The van der Waals surface area contributed by atoms with E-state index in [9.17, 15) is 19.2 Å². The van der Waals surface area contributed by atoms with E-state index in [1.54, 1.807) is 18.2 Å². The van der Waals surface area contributed by atoms with E-state index in [0.29, 0.717) is 36.8 Å². The SMILES string of the molecule is CCCOC(=O)c1ccc(-c2cccc(C(=O)OCCC)c2C(=O)OCCC)cc1C(=O)OCCC. The van der Waals surface area contributed by atoms with Crippen LogP contribution in [-0.2, 0) is 18.9 Å². The first kappa shape index (κ1) is 28.6. The Kier molecular flexibility index (Phi) is 11.6. The van der Waals surface area contributed by atoms with Crippen LogP contribution in [0.2, 0.25) is 0 Å². The van der Waals surface area contributed by atoms with Crippen LogP contribution in [-0.4, -0.2) is 50.3 Å². The summed E-state index contributed by atoms with van der Waals surface area (Å²) in [6, 6.07) is 9.27. The van der Waals surface area contributed by atoms with Gasteiger partial charge in [-0.1, -0.05) is 45.9 Å². The normalized spacial score (nSPS) is 10.4. The average Bonchev–Trinajstić information content (AvgIpc) is 2.91. The summed E-state index contributed by atoms with van der Waals surface area (Å²) in [6.07, 6.45) is 2.46. The van der Waals surface area contributed by atoms with Gasteiger partial charge in [-0.2, -0.15) is 0 Å². The van der Waals surface area contributed by atoms with Crippen LogP contribution in [0.5, 0.6) is 0 Å². The molecule has 0 unspecified atom stereocenters. The minimum absolute atomic E-state index is 0.00823. The Morgan fingerprint density at radius 3 is 1.56 bits per heavy atom. The predicted octanol–water partition coefficient (Wildman–Crippen LogP) is 5.62. The van der Waals surface area contributed by atoms with Crippen molar-refractivity contribution in [2.75, 3.05) is 26.4 Å². The van der Waals surface area contributed by atoms with E-state index in [-0.39, 0.29) is 48.7 Å². The molecule has 0 aromatic heterocycles. The summed E-state index contributed by atoms with van der Waals surface area (Å²) in [5, 5.41) is 0. The van der Waals surface area contributed by atoms with Crippen molar-refractivity contribution in [1.29, 1.82) is 0 Å². The molecular weight excluding hydrogens is 464 g/mol. The van der Waals surface area contributed by atoms with Crippen LogP contribution < -0.4 is 0 Å². The van der Waals surface area contributed by atoms with Gasteiger partial charge in [-0.15, -0.1) is 0 Å². The summed E-state index contributed by atoms with van der Waals surface area (Å²) < 4.78 is 21.2. The zero-order valence-electron chi connectivity index (χ0n) is 21.4. The second-order valence-corrected chi connectivity index (χ2v) is 8.03. The van der Waals surface area contributed by atoms with Gasteiger partial charge in [0, 0.05) is 0 Å². The number of esters is 4. The summed E-state index contributed by atoms with van der Waals surface area (Å²) in [5.74, 6) is -2.66. The van der Waals surface area contributed by atoms with Gasteiger partial charge in [0.05, 0.1) is 48.7 Å². The number of carbonyl (C=O) groups excluding carboxylic acids is 4. The molecule has 0 saturated carbocycles. The van der Waals surface area contributed by atoms with Crippen molar-refractivity contribution in [2.24, 2.45) is 0 Å². The smallest absolute Gasteiger partial charge is 0.339 e. The number of ether oxygens (including phenoxy) is 4. The number of hydrogen-bond acceptors (Lipinski definition) is 8. The highest BCUT2D eigenvalue weighted by atomic mass is 16.5. The number of rotatable bonds is 13. The molecule has 8 nitrogen and oxygen atoms in total. The molecule has 0 atom stereocenters. The Hall–Kier alpha value is -3.68. The second kappa shape index (κ2) is 14.7. The molecule has 0 heterocycles. The van der Waals surface area contributed by atoms with Crippen LogP contribution in [0.1, 0.15) is 94.8 Å². The Morgan fingerprint density at radius 2 is 1.03 bits per heavy atom. The first-order valence-electron chi connectivity index (χ1n) is 12.3. The molecule has 36 heavy (non-hydrogen) atoms. The summed E-state index contributed by atoms with van der Waals surface area (Å²) in [4.78, 5) is 51.3. The van der Waals surface area contributed by atoms with Gasteiger partial charge in [-0.25, -0.2) is 19.2 Å². The Bertz CT molecular complexity index is 1070. The third-order valence-electron chi connectivity index (χ3n) is 5.01. The molecular formula is C28H34O8. The van der Waals surface area contributed by atoms with E-state index in [1.165, 1.54) is 18.2 Å². The van der Waals surface area contributed by atoms with Crippen LogP contribution in [0.4, 0.5) is 0 Å². The summed E-state index contributed by atoms with van der Waals surface area (Å²) >= 11 is 0. The average molecular weight is 499 g/mol. The number of hydrogen-bond donors (Lipinski definition) is 0. The quantitative estimate of drug-likeness (QED) is 0.259. The molecule has 194 valence electrons. The zero-order chi connectivity index (χ0) is 26.5. The topological polar surface area (TPSA) is 105 Å². The highest BCUT2D eigenvalue weighted by Crippen LogP contribution is 2.30. The van der Waals surface area contributed by atoms with Gasteiger partial charge in [-0.05, 0) is 55.0 Å². The van der Waals surface area contributed by atoms with Gasteiger partial charge < -0.3 is 18.9 Å². The Morgan fingerprint density at radius 1 is 0.556 bits per heavy atom. The lowest BCUT2D eigenvalue weighted by Crippen LogP contribution is -2.17. The van der Waals surface area contributed by atoms with Crippen molar-refractivity contribution in [3.63, 3.8) is 0 Å². The van der Waals surface area contributed by atoms with Crippen LogP contribution in [0, 0.1) is 0 Å². The molecule has 0 aliphatic rings. The zero-order valence-corrected chi connectivity index (χ0v) is 21.4. The maximum absolute atomic E-state index is 13.1. The van der Waals surface area contributed by atoms with Crippen LogP contribution >= 0.6 is 0 Å². The third kappa shape index (κ3) is 7.41. The molecule has 2 rings (SSSR count). The van der Waals surface area contributed by atoms with E-state index in [2.05, 4.69) is 0 Å². The monoisotopic (exact) mass is 498 g/mol. The van der Waals surface area contributed by atoms with Gasteiger partial charge in [-0.3, -0.25) is 0 Å². The number of carbonyl (C=O) groups is 4. The molecule has 0 fully saturated rings. The Balaban J connectivity index is 2.67. The molecule has 8 heteroatoms. The minimum atomic E-state index is -0.684. The van der Waals surface area contributed by atoms with Gasteiger partial charge in [0.1, 0.15) is 0 Å². The first-order chi connectivity index (χ1) is 17.4. The maximum Gasteiger partial charge on any atom is 0.339 e. The van der Waals surface area contributed by atoms with E-state index < -0.39 is 23.9 Å². The maximum atomic E-state index is 13.1. The Labute approximate surface area is 211 Å². The van der Waals surface area contributed by atoms with Gasteiger partial charge in [0.25, 0.3) is 0 Å². The van der Waals surface area contributed by atoms with Crippen LogP contribution in [0.3, 0.4) is 0 Å². The molecule has 0 bridgehead atoms. The van der Waals surface area contributed by atoms with Crippen molar-refractivity contribution in [3.8, 4) is 11.1 Å². The molecule has 0 spiro atoms. The van der Waals surface area contributed by atoms with Crippen LogP contribution in [0.25, 0.3) is 11.1 Å². The lowest BCUT2D eigenvalue weighted by atomic mass is 9.92. The standard InChI is InChI=1S/C28H34O8/c1-5-14-33-25(29)21-13-12-19(18-23(21)27(31)35-16-7-3)20-10-9-11-22(26(30)34-15-6-2)24(20)28(32)36-17-8-4/h9-13,18H,5-8,14-17H2,1-4H3. The van der Waals surface area contributed by atoms with Crippen LogP contribution in [0.15, 0.2) is 36.4 Å². The van der Waals surface area contributed by atoms with E-state index in [4.69, 9.17) is 18.9 Å².